The summed E-state index contributed by atoms with van der Waals surface area (Å²) in [7, 11) is 0. The highest BCUT2D eigenvalue weighted by molar-refractivity contribution is 9.10. The summed E-state index contributed by atoms with van der Waals surface area (Å²) in [6.07, 6.45) is 1.62. The largest absolute Gasteiger partial charge is 0.490 e. The van der Waals surface area contributed by atoms with Crippen LogP contribution in [0, 0.1) is 10.1 Å². The molecule has 3 rings (SSSR count). The minimum Gasteiger partial charge on any atom is -0.490 e. The van der Waals surface area contributed by atoms with E-state index in [4.69, 9.17) is 21.1 Å². The van der Waals surface area contributed by atoms with Crippen LogP contribution < -0.4 is 14.9 Å². The smallest absolute Gasteiger partial charge is 0.269 e. The van der Waals surface area contributed by atoms with Crippen LogP contribution in [0.25, 0.3) is 0 Å². The zero-order valence-electron chi connectivity index (χ0n) is 16.5. The molecule has 0 aliphatic carbocycles. The number of anilines is 1. The number of rotatable bonds is 9. The molecule has 0 aliphatic rings. The average molecular weight is 505 g/mol. The molecule has 0 amide bonds. The summed E-state index contributed by atoms with van der Waals surface area (Å²) in [5, 5.41) is 15.6. The third kappa shape index (κ3) is 6.19. The summed E-state index contributed by atoms with van der Waals surface area (Å²) in [4.78, 5) is 10.3. The Morgan fingerprint density at radius 3 is 2.52 bits per heavy atom. The molecule has 0 aromatic heterocycles. The van der Waals surface area contributed by atoms with Gasteiger partial charge in [-0.1, -0.05) is 29.8 Å². The Hall–Kier alpha value is -3.10. The molecule has 9 heteroatoms. The van der Waals surface area contributed by atoms with E-state index in [1.54, 1.807) is 18.3 Å². The monoisotopic (exact) mass is 503 g/mol. The maximum Gasteiger partial charge on any atom is 0.269 e. The van der Waals surface area contributed by atoms with Crippen LogP contribution in [0.1, 0.15) is 18.1 Å². The molecule has 1 N–H and O–H groups in total. The van der Waals surface area contributed by atoms with E-state index < -0.39 is 4.92 Å². The quantitative estimate of drug-likeness (QED) is 0.206. The van der Waals surface area contributed by atoms with Gasteiger partial charge in [0.1, 0.15) is 6.61 Å². The highest BCUT2D eigenvalue weighted by Crippen LogP contribution is 2.34. The molecule has 0 heterocycles. The molecule has 7 nitrogen and oxygen atoms in total. The minimum absolute atomic E-state index is 0.0195. The molecule has 0 radical (unpaired) electrons. The first-order valence-electron chi connectivity index (χ1n) is 9.34. The fraction of sp³-hybridized carbons (Fsp3) is 0.136. The Morgan fingerprint density at radius 2 is 1.84 bits per heavy atom. The molecule has 3 aromatic carbocycles. The fourth-order valence-corrected chi connectivity index (χ4v) is 3.25. The molecule has 160 valence electrons. The number of hydrogen-bond acceptors (Lipinski definition) is 6. The van der Waals surface area contributed by atoms with Crippen molar-refractivity contribution in [2.24, 2.45) is 5.10 Å². The van der Waals surface area contributed by atoms with Crippen LogP contribution in [-0.4, -0.2) is 17.7 Å². The van der Waals surface area contributed by atoms with Gasteiger partial charge in [0.2, 0.25) is 0 Å². The van der Waals surface area contributed by atoms with Crippen molar-refractivity contribution in [1.82, 2.24) is 0 Å². The SMILES string of the molecule is CCOc1cc(/C=N/Nc2ccc([N+](=O)[O-])cc2)c(Br)cc1OCc1ccccc1Cl. The number of hydrogen-bond donors (Lipinski definition) is 1. The van der Waals surface area contributed by atoms with Gasteiger partial charge in [-0.15, -0.1) is 0 Å². The molecular weight excluding hydrogens is 486 g/mol. The van der Waals surface area contributed by atoms with Gasteiger partial charge in [0.15, 0.2) is 11.5 Å². The lowest BCUT2D eigenvalue weighted by molar-refractivity contribution is -0.384. The van der Waals surface area contributed by atoms with Crippen LogP contribution in [-0.2, 0) is 6.61 Å². The highest BCUT2D eigenvalue weighted by atomic mass is 79.9. The molecule has 0 saturated carbocycles. The van der Waals surface area contributed by atoms with Crippen LogP contribution in [0.3, 0.4) is 0 Å². The zero-order valence-corrected chi connectivity index (χ0v) is 18.9. The van der Waals surface area contributed by atoms with Gasteiger partial charge in [-0.05, 0) is 53.2 Å². The van der Waals surface area contributed by atoms with Crippen LogP contribution in [0.4, 0.5) is 11.4 Å². The van der Waals surface area contributed by atoms with Gasteiger partial charge in [0, 0.05) is 32.8 Å². The van der Waals surface area contributed by atoms with Gasteiger partial charge in [-0.3, -0.25) is 15.5 Å². The number of non-ortho nitro benzene ring substituents is 1. The van der Waals surface area contributed by atoms with E-state index in [2.05, 4.69) is 26.5 Å². The topological polar surface area (TPSA) is 86.0 Å². The van der Waals surface area contributed by atoms with Crippen molar-refractivity contribution in [3.63, 3.8) is 0 Å². The predicted octanol–water partition coefficient (Wildman–Crippen LogP) is 6.43. The van der Waals surface area contributed by atoms with Crippen molar-refractivity contribution in [3.05, 3.63) is 91.4 Å². The summed E-state index contributed by atoms with van der Waals surface area (Å²) in [6.45, 7) is 2.67. The van der Waals surface area contributed by atoms with E-state index in [-0.39, 0.29) is 5.69 Å². The Balaban J connectivity index is 1.73. The number of hydrazone groups is 1. The molecule has 0 fully saturated rings. The number of ether oxygens (including phenoxy) is 2. The van der Waals surface area contributed by atoms with Gasteiger partial charge in [-0.2, -0.15) is 5.10 Å². The number of nitrogens with one attached hydrogen (secondary N) is 1. The molecule has 31 heavy (non-hydrogen) atoms. The van der Waals surface area contributed by atoms with Gasteiger partial charge >= 0.3 is 0 Å². The molecule has 0 spiro atoms. The van der Waals surface area contributed by atoms with Gasteiger partial charge in [0.05, 0.1) is 23.4 Å². The van der Waals surface area contributed by atoms with Crippen molar-refractivity contribution in [2.45, 2.75) is 13.5 Å². The molecular formula is C22H19BrClN3O4. The zero-order chi connectivity index (χ0) is 22.2. The van der Waals surface area contributed by atoms with E-state index in [1.165, 1.54) is 12.1 Å². The van der Waals surface area contributed by atoms with Crippen LogP contribution in [0.5, 0.6) is 11.5 Å². The molecule has 0 bridgehead atoms. The third-order valence-corrected chi connectivity index (χ3v) is 5.23. The number of benzene rings is 3. The molecule has 0 saturated heterocycles. The summed E-state index contributed by atoms with van der Waals surface area (Å²) in [5.41, 5.74) is 5.13. The van der Waals surface area contributed by atoms with Crippen LogP contribution >= 0.6 is 27.5 Å². The van der Waals surface area contributed by atoms with Crippen molar-refractivity contribution < 1.29 is 14.4 Å². The minimum atomic E-state index is -0.450. The first-order chi connectivity index (χ1) is 15.0. The summed E-state index contributed by atoms with van der Waals surface area (Å²) >= 11 is 9.73. The molecule has 0 aliphatic heterocycles. The average Bonchev–Trinajstić information content (AvgIpc) is 2.76. The second-order valence-corrected chi connectivity index (χ2v) is 7.57. The normalized spacial score (nSPS) is 10.8. The van der Waals surface area contributed by atoms with E-state index in [1.807, 2.05) is 43.3 Å². The lowest BCUT2D eigenvalue weighted by atomic mass is 10.2. The fourth-order valence-electron chi connectivity index (χ4n) is 2.64. The number of halogens is 2. The predicted molar refractivity (Wildman–Crippen MR) is 125 cm³/mol. The molecule has 0 atom stereocenters. The van der Waals surface area contributed by atoms with Crippen molar-refractivity contribution >= 4 is 45.1 Å². The standard InChI is InChI=1S/C22H19BrClN3O4/c1-2-30-21-11-16(13-25-26-17-7-9-18(10-8-17)27(28)29)19(23)12-22(21)31-14-15-5-3-4-6-20(15)24/h3-13,26H,2,14H2,1H3/b25-13+. The maximum atomic E-state index is 10.7. The Kier molecular flexibility index (Phi) is 7.86. The van der Waals surface area contributed by atoms with Crippen molar-refractivity contribution in [1.29, 1.82) is 0 Å². The number of nitro benzene ring substituents is 1. The summed E-state index contributed by atoms with van der Waals surface area (Å²) < 4.78 is 12.4. The van der Waals surface area contributed by atoms with E-state index in [0.717, 1.165) is 15.6 Å². The van der Waals surface area contributed by atoms with Crippen molar-refractivity contribution in [2.75, 3.05) is 12.0 Å². The van der Waals surface area contributed by atoms with Crippen molar-refractivity contribution in [3.8, 4) is 11.5 Å². The Labute approximate surface area is 192 Å². The molecule has 3 aromatic rings. The summed E-state index contributed by atoms with van der Waals surface area (Å²) in [6, 6.07) is 17.1. The number of nitrogens with zero attached hydrogens (tertiary/aromatic N) is 2. The van der Waals surface area contributed by atoms with Gasteiger partial charge < -0.3 is 9.47 Å². The third-order valence-electron chi connectivity index (χ3n) is 4.18. The van der Waals surface area contributed by atoms with E-state index in [9.17, 15) is 10.1 Å². The van der Waals surface area contributed by atoms with Gasteiger partial charge in [-0.25, -0.2) is 0 Å². The lowest BCUT2D eigenvalue weighted by Crippen LogP contribution is -2.02. The second kappa shape index (κ2) is 10.8. The van der Waals surface area contributed by atoms with E-state index >= 15 is 0 Å². The maximum absolute atomic E-state index is 10.7. The molecule has 0 unspecified atom stereocenters. The van der Waals surface area contributed by atoms with Crippen LogP contribution in [0.15, 0.2) is 70.2 Å². The second-order valence-electron chi connectivity index (χ2n) is 6.31. The Morgan fingerprint density at radius 1 is 1.13 bits per heavy atom. The van der Waals surface area contributed by atoms with E-state index in [0.29, 0.717) is 35.4 Å². The Bertz CT molecular complexity index is 1090. The number of nitro groups is 1. The van der Waals surface area contributed by atoms with Crippen LogP contribution in [0.2, 0.25) is 5.02 Å². The summed E-state index contributed by atoms with van der Waals surface area (Å²) in [5.74, 6) is 1.16. The first kappa shape index (κ1) is 22.6. The van der Waals surface area contributed by atoms with Gasteiger partial charge in [0.25, 0.3) is 5.69 Å². The highest BCUT2D eigenvalue weighted by Gasteiger charge is 2.11. The first-order valence-corrected chi connectivity index (χ1v) is 10.5. The lowest BCUT2D eigenvalue weighted by Gasteiger charge is -2.14.